The highest BCUT2D eigenvalue weighted by Crippen LogP contribution is 2.07. The lowest BCUT2D eigenvalue weighted by atomic mass is 10.1. The molecule has 0 radical (unpaired) electrons. The van der Waals surface area contributed by atoms with Crippen molar-refractivity contribution in [2.45, 2.75) is 0 Å². The number of nitriles is 1. The first-order valence-electron chi connectivity index (χ1n) is 6.58. The molecule has 3 N–H and O–H groups in total. The van der Waals surface area contributed by atoms with Crippen LogP contribution in [0.3, 0.4) is 0 Å². The second-order valence-corrected chi connectivity index (χ2v) is 4.83. The van der Waals surface area contributed by atoms with Crippen molar-refractivity contribution in [3.8, 4) is 6.07 Å². The first kappa shape index (κ1) is 16.2. The quantitative estimate of drug-likeness (QED) is 0.513. The van der Waals surface area contributed by atoms with E-state index in [1.54, 1.807) is 36.5 Å². The molecule has 0 spiro atoms. The number of hydrazone groups is 1. The van der Waals surface area contributed by atoms with Gasteiger partial charge >= 0.3 is 0 Å². The molecule has 0 saturated heterocycles. The predicted molar refractivity (Wildman–Crippen MR) is 92.6 cm³/mol. The van der Waals surface area contributed by atoms with Crippen molar-refractivity contribution in [3.05, 3.63) is 70.2 Å². The lowest BCUT2D eigenvalue weighted by Gasteiger charge is -1.97. The number of nitrogens with two attached hydrogens (primary N) is 1. The van der Waals surface area contributed by atoms with E-state index in [4.69, 9.17) is 22.6 Å². The van der Waals surface area contributed by atoms with Gasteiger partial charge in [0.05, 0.1) is 24.1 Å². The summed E-state index contributed by atoms with van der Waals surface area (Å²) in [6, 6.07) is 16.2. The van der Waals surface area contributed by atoms with Crippen molar-refractivity contribution in [3.63, 3.8) is 0 Å². The lowest BCUT2D eigenvalue weighted by Crippen LogP contribution is -2.26. The van der Waals surface area contributed by atoms with E-state index < -0.39 is 0 Å². The van der Waals surface area contributed by atoms with Crippen molar-refractivity contribution in [1.29, 1.82) is 5.26 Å². The van der Waals surface area contributed by atoms with Crippen LogP contribution in [0.2, 0.25) is 5.02 Å². The number of hydrogen-bond acceptors (Lipinski definition) is 4. The molecule has 114 valence electrons. The van der Waals surface area contributed by atoms with Crippen molar-refractivity contribution in [1.82, 2.24) is 5.43 Å². The van der Waals surface area contributed by atoms with E-state index in [-0.39, 0.29) is 5.96 Å². The van der Waals surface area contributed by atoms with E-state index >= 15 is 0 Å². The first-order chi connectivity index (χ1) is 11.2. The molecule has 0 atom stereocenters. The molecule has 0 heterocycles. The Hall–Kier alpha value is -3.17. The summed E-state index contributed by atoms with van der Waals surface area (Å²) in [5.74, 6) is 0.0444. The van der Waals surface area contributed by atoms with Crippen LogP contribution in [0.5, 0.6) is 0 Å². The topological polar surface area (TPSA) is 98.9 Å². The van der Waals surface area contributed by atoms with Gasteiger partial charge in [0.1, 0.15) is 0 Å². The monoisotopic (exact) mass is 324 g/mol. The Morgan fingerprint density at radius 3 is 2.65 bits per heavy atom. The Morgan fingerprint density at radius 2 is 1.91 bits per heavy atom. The minimum Gasteiger partial charge on any atom is -0.367 e. The Labute approximate surface area is 138 Å². The van der Waals surface area contributed by atoms with Gasteiger partial charge in [-0.15, -0.1) is 5.10 Å². The average molecular weight is 325 g/mol. The van der Waals surface area contributed by atoms with Crippen molar-refractivity contribution < 1.29 is 0 Å². The minimum atomic E-state index is 0.0444. The zero-order valence-corrected chi connectivity index (χ0v) is 12.8. The molecule has 0 aliphatic heterocycles. The molecular weight excluding hydrogens is 312 g/mol. The molecule has 0 aromatic heterocycles. The SMILES string of the molecule is N#Cc1cccc(C=NNC(N)=NN=Cc2ccc(Cl)cc2)c1. The normalized spacial score (nSPS) is 11.7. The standard InChI is InChI=1S/C16H13ClN6/c17-15-6-4-12(5-7-15)10-20-22-16(19)23-21-11-14-3-1-2-13(8-14)9-18/h1-8,10-11H,(H3,19,22,23). The Kier molecular flexibility index (Phi) is 5.86. The van der Waals surface area contributed by atoms with Crippen LogP contribution in [0.4, 0.5) is 0 Å². The molecule has 0 amide bonds. The van der Waals surface area contributed by atoms with Gasteiger partial charge in [-0.2, -0.15) is 15.5 Å². The van der Waals surface area contributed by atoms with Crippen LogP contribution in [0.1, 0.15) is 16.7 Å². The molecule has 0 bridgehead atoms. The maximum absolute atomic E-state index is 8.81. The van der Waals surface area contributed by atoms with Gasteiger partial charge in [0.15, 0.2) is 0 Å². The van der Waals surface area contributed by atoms with Crippen LogP contribution >= 0.6 is 11.6 Å². The van der Waals surface area contributed by atoms with Gasteiger partial charge in [0.25, 0.3) is 0 Å². The summed E-state index contributed by atoms with van der Waals surface area (Å²) < 4.78 is 0. The van der Waals surface area contributed by atoms with E-state index in [2.05, 4.69) is 26.8 Å². The molecule has 0 saturated carbocycles. The molecule has 23 heavy (non-hydrogen) atoms. The number of nitrogens with one attached hydrogen (secondary N) is 1. The van der Waals surface area contributed by atoms with Gasteiger partial charge in [-0.3, -0.25) is 0 Å². The third kappa shape index (κ3) is 5.61. The third-order valence-corrected chi connectivity index (χ3v) is 2.90. The van der Waals surface area contributed by atoms with Gasteiger partial charge in [-0.25, -0.2) is 5.43 Å². The second-order valence-electron chi connectivity index (χ2n) is 4.39. The zero-order valence-electron chi connectivity index (χ0n) is 12.0. The van der Waals surface area contributed by atoms with Crippen LogP contribution in [0.25, 0.3) is 0 Å². The molecule has 7 heteroatoms. The van der Waals surface area contributed by atoms with Crippen LogP contribution in [0, 0.1) is 11.3 Å². The summed E-state index contributed by atoms with van der Waals surface area (Å²) in [7, 11) is 0. The zero-order chi connectivity index (χ0) is 16.5. The molecule has 2 aromatic carbocycles. The van der Waals surface area contributed by atoms with Gasteiger partial charge in [0, 0.05) is 5.02 Å². The Bertz CT molecular complexity index is 787. The molecule has 0 unspecified atom stereocenters. The molecule has 2 aromatic rings. The van der Waals surface area contributed by atoms with Gasteiger partial charge in [-0.1, -0.05) is 35.9 Å². The highest BCUT2D eigenvalue weighted by atomic mass is 35.5. The maximum atomic E-state index is 8.81. The van der Waals surface area contributed by atoms with E-state index in [0.717, 1.165) is 11.1 Å². The van der Waals surface area contributed by atoms with E-state index in [0.29, 0.717) is 10.6 Å². The number of benzene rings is 2. The number of halogens is 1. The number of rotatable bonds is 4. The lowest BCUT2D eigenvalue weighted by molar-refractivity contribution is 0.994. The van der Waals surface area contributed by atoms with Gasteiger partial charge in [-0.05, 0) is 35.4 Å². The Balaban J connectivity index is 1.90. The second kappa shape index (κ2) is 8.32. The summed E-state index contributed by atoms with van der Waals surface area (Å²) in [4.78, 5) is 0. The van der Waals surface area contributed by atoms with E-state index in [9.17, 15) is 0 Å². The van der Waals surface area contributed by atoms with Crippen molar-refractivity contribution in [2.24, 2.45) is 21.0 Å². The molecule has 0 fully saturated rings. The van der Waals surface area contributed by atoms with Crippen LogP contribution in [0.15, 0.2) is 63.8 Å². The molecule has 2 rings (SSSR count). The van der Waals surface area contributed by atoms with Crippen LogP contribution in [-0.4, -0.2) is 18.4 Å². The van der Waals surface area contributed by atoms with Gasteiger partial charge < -0.3 is 5.73 Å². The molecule has 6 nitrogen and oxygen atoms in total. The predicted octanol–water partition coefficient (Wildman–Crippen LogP) is 2.48. The van der Waals surface area contributed by atoms with Crippen LogP contribution < -0.4 is 11.2 Å². The first-order valence-corrected chi connectivity index (χ1v) is 6.96. The summed E-state index contributed by atoms with van der Waals surface area (Å²) >= 11 is 5.79. The largest absolute Gasteiger partial charge is 0.367 e. The van der Waals surface area contributed by atoms with E-state index in [1.165, 1.54) is 6.21 Å². The summed E-state index contributed by atoms with van der Waals surface area (Å²) in [5, 5.41) is 21.0. The fourth-order valence-electron chi connectivity index (χ4n) is 1.59. The molecule has 0 aliphatic carbocycles. The number of guanidine groups is 1. The molecular formula is C16H13ClN6. The number of nitrogens with zero attached hydrogens (tertiary/aromatic N) is 4. The van der Waals surface area contributed by atoms with E-state index in [1.807, 2.05) is 18.2 Å². The van der Waals surface area contributed by atoms with Crippen molar-refractivity contribution in [2.75, 3.05) is 0 Å². The smallest absolute Gasteiger partial charge is 0.234 e. The van der Waals surface area contributed by atoms with Gasteiger partial charge in [0.2, 0.25) is 5.96 Å². The summed E-state index contributed by atoms with van der Waals surface area (Å²) in [6.45, 7) is 0. The fourth-order valence-corrected chi connectivity index (χ4v) is 1.72. The summed E-state index contributed by atoms with van der Waals surface area (Å²) in [6.07, 6.45) is 3.08. The van der Waals surface area contributed by atoms with Crippen molar-refractivity contribution >= 4 is 30.0 Å². The van der Waals surface area contributed by atoms with Crippen LogP contribution in [-0.2, 0) is 0 Å². The maximum Gasteiger partial charge on any atom is 0.234 e. The highest BCUT2D eigenvalue weighted by Gasteiger charge is 1.92. The average Bonchev–Trinajstić information content (AvgIpc) is 2.57. The third-order valence-electron chi connectivity index (χ3n) is 2.65. The fraction of sp³-hybridized carbons (Fsp3) is 0. The Morgan fingerprint density at radius 1 is 1.13 bits per heavy atom. The summed E-state index contributed by atoms with van der Waals surface area (Å²) in [5.41, 5.74) is 10.3. The molecule has 0 aliphatic rings. The number of hydrogen-bond donors (Lipinski definition) is 2. The highest BCUT2D eigenvalue weighted by molar-refractivity contribution is 6.30. The minimum absolute atomic E-state index is 0.0444.